The van der Waals surface area contributed by atoms with Crippen LogP contribution in [-0.2, 0) is 4.79 Å². The van der Waals surface area contributed by atoms with Crippen LogP contribution in [0, 0.1) is 0 Å². The molecular formula is C13H28N4O. The molecule has 0 saturated carbocycles. The van der Waals surface area contributed by atoms with Crippen molar-refractivity contribution in [2.24, 2.45) is 11.5 Å². The van der Waals surface area contributed by atoms with E-state index >= 15 is 0 Å². The van der Waals surface area contributed by atoms with E-state index in [0.29, 0.717) is 6.42 Å². The molecule has 1 rings (SSSR count). The van der Waals surface area contributed by atoms with Crippen LogP contribution in [-0.4, -0.2) is 61.5 Å². The van der Waals surface area contributed by atoms with E-state index in [4.69, 9.17) is 11.5 Å². The molecule has 1 heterocycles. The average Bonchev–Trinajstić information content (AvgIpc) is 2.57. The Bertz CT molecular complexity index is 235. The van der Waals surface area contributed by atoms with Gasteiger partial charge in [0, 0.05) is 26.1 Å². The van der Waals surface area contributed by atoms with E-state index in [1.807, 2.05) is 0 Å². The number of nitrogens with two attached hydrogens (primary N) is 2. The first-order chi connectivity index (χ1) is 8.72. The van der Waals surface area contributed by atoms with Crippen LogP contribution in [0.3, 0.4) is 0 Å². The fourth-order valence-electron chi connectivity index (χ4n) is 2.40. The highest BCUT2D eigenvalue weighted by atomic mass is 16.1. The van der Waals surface area contributed by atoms with E-state index < -0.39 is 0 Å². The Morgan fingerprint density at radius 3 is 2.22 bits per heavy atom. The largest absolute Gasteiger partial charge is 0.370 e. The molecule has 1 aliphatic heterocycles. The Morgan fingerprint density at radius 1 is 0.944 bits per heavy atom. The van der Waals surface area contributed by atoms with Crippen molar-refractivity contribution in [3.8, 4) is 0 Å². The molecule has 0 atom stereocenters. The molecule has 1 saturated heterocycles. The highest BCUT2D eigenvalue weighted by Gasteiger charge is 2.14. The van der Waals surface area contributed by atoms with Crippen LogP contribution in [0.4, 0.5) is 0 Å². The minimum absolute atomic E-state index is 0.196. The number of rotatable bonds is 8. The lowest BCUT2D eigenvalue weighted by molar-refractivity contribution is -0.118. The van der Waals surface area contributed by atoms with E-state index in [1.54, 1.807) is 0 Å². The van der Waals surface area contributed by atoms with Gasteiger partial charge in [-0.05, 0) is 45.4 Å². The summed E-state index contributed by atoms with van der Waals surface area (Å²) in [4.78, 5) is 15.7. The van der Waals surface area contributed by atoms with Gasteiger partial charge in [-0.25, -0.2) is 0 Å². The molecule has 5 nitrogen and oxygen atoms in total. The second kappa shape index (κ2) is 9.30. The SMILES string of the molecule is NCCCCCN1CCCN(CCC(N)=O)CC1. The summed E-state index contributed by atoms with van der Waals surface area (Å²) in [5, 5.41) is 0. The van der Waals surface area contributed by atoms with E-state index in [-0.39, 0.29) is 5.91 Å². The van der Waals surface area contributed by atoms with Gasteiger partial charge in [-0.3, -0.25) is 4.79 Å². The van der Waals surface area contributed by atoms with Crippen LogP contribution in [0.2, 0.25) is 0 Å². The topological polar surface area (TPSA) is 75.6 Å². The van der Waals surface area contributed by atoms with Crippen LogP contribution in [0.5, 0.6) is 0 Å². The lowest BCUT2D eigenvalue weighted by Gasteiger charge is -2.21. The Morgan fingerprint density at radius 2 is 1.61 bits per heavy atom. The number of hydrogen-bond donors (Lipinski definition) is 2. The number of amides is 1. The third kappa shape index (κ3) is 6.93. The predicted octanol–water partition coefficient (Wildman–Crippen LogP) is -0.00150. The van der Waals surface area contributed by atoms with Crippen molar-refractivity contribution in [3.05, 3.63) is 0 Å². The lowest BCUT2D eigenvalue weighted by atomic mass is 10.2. The standard InChI is InChI=1S/C13H28N4O/c14-6-2-1-3-7-16-8-4-9-17(12-11-16)10-5-13(15)18/h1-12,14H2,(H2,15,18). The third-order valence-electron chi connectivity index (χ3n) is 3.53. The van der Waals surface area contributed by atoms with Gasteiger partial charge in [0.1, 0.15) is 0 Å². The summed E-state index contributed by atoms with van der Waals surface area (Å²) in [7, 11) is 0. The van der Waals surface area contributed by atoms with Crippen molar-refractivity contribution in [2.45, 2.75) is 32.1 Å². The second-order valence-corrected chi connectivity index (χ2v) is 5.10. The molecule has 0 bridgehead atoms. The number of nitrogens with zero attached hydrogens (tertiary/aromatic N) is 2. The summed E-state index contributed by atoms with van der Waals surface area (Å²) < 4.78 is 0. The summed E-state index contributed by atoms with van der Waals surface area (Å²) in [6.07, 6.45) is 5.29. The van der Waals surface area contributed by atoms with Gasteiger partial charge in [0.2, 0.25) is 5.91 Å². The summed E-state index contributed by atoms with van der Waals surface area (Å²) in [6.45, 7) is 7.24. The molecule has 1 fully saturated rings. The number of primary amides is 1. The van der Waals surface area contributed by atoms with Gasteiger partial charge < -0.3 is 21.3 Å². The Balaban J connectivity index is 2.13. The molecule has 0 unspecified atom stereocenters. The number of carbonyl (C=O) groups excluding carboxylic acids is 1. The van der Waals surface area contributed by atoms with Crippen molar-refractivity contribution in [3.63, 3.8) is 0 Å². The Labute approximate surface area is 110 Å². The number of hydrogen-bond acceptors (Lipinski definition) is 4. The van der Waals surface area contributed by atoms with Crippen LogP contribution in [0.25, 0.3) is 0 Å². The van der Waals surface area contributed by atoms with Gasteiger partial charge in [-0.2, -0.15) is 0 Å². The molecule has 4 N–H and O–H groups in total. The molecule has 5 heteroatoms. The summed E-state index contributed by atoms with van der Waals surface area (Å²) in [6, 6.07) is 0. The predicted molar refractivity (Wildman–Crippen MR) is 74.2 cm³/mol. The van der Waals surface area contributed by atoms with E-state index in [2.05, 4.69) is 9.80 Å². The third-order valence-corrected chi connectivity index (χ3v) is 3.53. The first kappa shape index (κ1) is 15.4. The first-order valence-corrected chi connectivity index (χ1v) is 7.15. The Kier molecular flexibility index (Phi) is 7.96. The highest BCUT2D eigenvalue weighted by Crippen LogP contribution is 2.05. The molecule has 0 aliphatic carbocycles. The zero-order chi connectivity index (χ0) is 13.2. The summed E-state index contributed by atoms with van der Waals surface area (Å²) in [5.74, 6) is -0.196. The fourth-order valence-corrected chi connectivity index (χ4v) is 2.40. The highest BCUT2D eigenvalue weighted by molar-refractivity contribution is 5.73. The fraction of sp³-hybridized carbons (Fsp3) is 0.923. The van der Waals surface area contributed by atoms with Crippen LogP contribution < -0.4 is 11.5 Å². The normalized spacial score (nSPS) is 18.7. The molecule has 0 aromatic carbocycles. The molecule has 1 amide bonds. The van der Waals surface area contributed by atoms with Crippen LogP contribution in [0.1, 0.15) is 32.1 Å². The van der Waals surface area contributed by atoms with Crippen molar-refractivity contribution < 1.29 is 4.79 Å². The maximum absolute atomic E-state index is 10.8. The second-order valence-electron chi connectivity index (χ2n) is 5.10. The minimum Gasteiger partial charge on any atom is -0.370 e. The monoisotopic (exact) mass is 256 g/mol. The van der Waals surface area contributed by atoms with E-state index in [1.165, 1.54) is 32.4 Å². The van der Waals surface area contributed by atoms with Gasteiger partial charge in [0.15, 0.2) is 0 Å². The first-order valence-electron chi connectivity index (χ1n) is 7.15. The van der Waals surface area contributed by atoms with Crippen LogP contribution in [0.15, 0.2) is 0 Å². The maximum atomic E-state index is 10.8. The van der Waals surface area contributed by atoms with Crippen molar-refractivity contribution in [1.29, 1.82) is 0 Å². The smallest absolute Gasteiger partial charge is 0.218 e. The summed E-state index contributed by atoms with van der Waals surface area (Å²) >= 11 is 0. The zero-order valence-electron chi connectivity index (χ0n) is 11.4. The Hall–Kier alpha value is -0.650. The van der Waals surface area contributed by atoms with Crippen molar-refractivity contribution in [2.75, 3.05) is 45.8 Å². The number of carbonyl (C=O) groups is 1. The van der Waals surface area contributed by atoms with Gasteiger partial charge in [0.25, 0.3) is 0 Å². The molecule has 0 aromatic heterocycles. The van der Waals surface area contributed by atoms with Crippen molar-refractivity contribution in [1.82, 2.24) is 9.80 Å². The molecule has 0 radical (unpaired) electrons. The molecule has 106 valence electrons. The van der Waals surface area contributed by atoms with Gasteiger partial charge >= 0.3 is 0 Å². The van der Waals surface area contributed by atoms with Crippen LogP contribution >= 0.6 is 0 Å². The lowest BCUT2D eigenvalue weighted by Crippen LogP contribution is -2.33. The van der Waals surface area contributed by atoms with E-state index in [9.17, 15) is 4.79 Å². The van der Waals surface area contributed by atoms with Gasteiger partial charge in [0.05, 0.1) is 0 Å². The molecule has 0 aromatic rings. The number of unbranched alkanes of at least 4 members (excludes halogenated alkanes) is 2. The minimum atomic E-state index is -0.196. The molecular weight excluding hydrogens is 228 g/mol. The quantitative estimate of drug-likeness (QED) is 0.599. The average molecular weight is 256 g/mol. The maximum Gasteiger partial charge on any atom is 0.218 e. The summed E-state index contributed by atoms with van der Waals surface area (Å²) in [5.41, 5.74) is 10.7. The zero-order valence-corrected chi connectivity index (χ0v) is 11.4. The van der Waals surface area contributed by atoms with E-state index in [0.717, 1.165) is 39.1 Å². The van der Waals surface area contributed by atoms with Crippen molar-refractivity contribution >= 4 is 5.91 Å². The molecule has 18 heavy (non-hydrogen) atoms. The van der Waals surface area contributed by atoms with Gasteiger partial charge in [-0.15, -0.1) is 0 Å². The van der Waals surface area contributed by atoms with Gasteiger partial charge in [-0.1, -0.05) is 6.42 Å². The molecule has 1 aliphatic rings. The molecule has 0 spiro atoms.